The van der Waals surface area contributed by atoms with E-state index in [-0.39, 0.29) is 5.69 Å². The zero-order chi connectivity index (χ0) is 18.4. The predicted molar refractivity (Wildman–Crippen MR) is 94.0 cm³/mol. The fraction of sp³-hybridized carbons (Fsp3) is 0.267. The zero-order valence-corrected chi connectivity index (χ0v) is 14.8. The van der Waals surface area contributed by atoms with Gasteiger partial charge in [0.15, 0.2) is 4.34 Å². The average molecular weight is 388 g/mol. The van der Waals surface area contributed by atoms with Gasteiger partial charge < -0.3 is 10.6 Å². The van der Waals surface area contributed by atoms with Crippen molar-refractivity contribution in [2.24, 2.45) is 0 Å². The molecule has 0 saturated carbocycles. The van der Waals surface area contributed by atoms with Crippen molar-refractivity contribution < 1.29 is 18.0 Å². The summed E-state index contributed by atoms with van der Waals surface area (Å²) >= 11 is 2.46. The lowest BCUT2D eigenvalue weighted by atomic mass is 10.2. The summed E-state index contributed by atoms with van der Waals surface area (Å²) in [4.78, 5) is 12.2. The molecule has 0 aliphatic carbocycles. The first kappa shape index (κ1) is 19.3. The van der Waals surface area contributed by atoms with Crippen molar-refractivity contribution in [3.8, 4) is 0 Å². The summed E-state index contributed by atoms with van der Waals surface area (Å²) in [5, 5.41) is 13.4. The van der Waals surface area contributed by atoms with E-state index in [9.17, 15) is 18.0 Å². The third kappa shape index (κ3) is 5.75. The summed E-state index contributed by atoms with van der Waals surface area (Å²) in [6.45, 7) is 5.77. The molecular weight excluding hydrogens is 373 g/mol. The van der Waals surface area contributed by atoms with Gasteiger partial charge in [-0.2, -0.15) is 13.2 Å². The second-order valence-corrected chi connectivity index (χ2v) is 7.44. The van der Waals surface area contributed by atoms with Gasteiger partial charge in [-0.15, -0.1) is 16.8 Å². The van der Waals surface area contributed by atoms with Gasteiger partial charge in [0, 0.05) is 12.2 Å². The van der Waals surface area contributed by atoms with Crippen LogP contribution >= 0.6 is 23.1 Å². The van der Waals surface area contributed by atoms with Crippen LogP contribution in [0.5, 0.6) is 0 Å². The van der Waals surface area contributed by atoms with Gasteiger partial charge in [-0.05, 0) is 25.1 Å². The summed E-state index contributed by atoms with van der Waals surface area (Å²) in [7, 11) is 0. The first-order valence-corrected chi connectivity index (χ1v) is 8.82. The molecule has 0 spiro atoms. The molecule has 2 aromatic rings. The largest absolute Gasteiger partial charge is 0.416 e. The Hall–Kier alpha value is -2.07. The average Bonchev–Trinajstić information content (AvgIpc) is 2.99. The van der Waals surface area contributed by atoms with E-state index in [1.54, 1.807) is 13.0 Å². The lowest BCUT2D eigenvalue weighted by molar-refractivity contribution is -0.137. The van der Waals surface area contributed by atoms with E-state index < -0.39 is 22.9 Å². The monoisotopic (exact) mass is 388 g/mol. The number of carbonyl (C=O) groups excluding carboxylic acids is 1. The van der Waals surface area contributed by atoms with E-state index in [1.165, 1.54) is 35.2 Å². The molecule has 1 aromatic carbocycles. The van der Waals surface area contributed by atoms with E-state index in [0.717, 1.165) is 12.1 Å². The minimum Gasteiger partial charge on any atom is -0.357 e. The Morgan fingerprint density at radius 3 is 2.88 bits per heavy atom. The fourth-order valence-electron chi connectivity index (χ4n) is 1.71. The molecule has 1 aromatic heterocycles. The third-order valence-electron chi connectivity index (χ3n) is 2.91. The number of alkyl halides is 3. The van der Waals surface area contributed by atoms with Crippen molar-refractivity contribution in [2.75, 3.05) is 17.2 Å². The van der Waals surface area contributed by atoms with Crippen molar-refractivity contribution in [1.82, 2.24) is 10.2 Å². The third-order valence-corrected chi connectivity index (χ3v) is 4.97. The number of benzene rings is 1. The molecule has 0 saturated heterocycles. The summed E-state index contributed by atoms with van der Waals surface area (Å²) in [6, 6.07) is 4.51. The van der Waals surface area contributed by atoms with Crippen molar-refractivity contribution in [1.29, 1.82) is 0 Å². The highest BCUT2D eigenvalue weighted by atomic mass is 32.2. The number of halogens is 3. The molecule has 5 nitrogen and oxygen atoms in total. The topological polar surface area (TPSA) is 66.9 Å². The molecule has 25 heavy (non-hydrogen) atoms. The molecule has 1 amide bonds. The molecule has 0 bridgehead atoms. The molecule has 0 aliphatic heterocycles. The van der Waals surface area contributed by atoms with Crippen LogP contribution in [0.4, 0.5) is 24.0 Å². The Kier molecular flexibility index (Phi) is 6.43. The number of carbonyl (C=O) groups is 1. The van der Waals surface area contributed by atoms with Crippen LogP contribution < -0.4 is 10.6 Å². The number of nitrogens with zero attached hydrogens (tertiary/aromatic N) is 2. The van der Waals surface area contributed by atoms with Gasteiger partial charge in [0.05, 0.1) is 10.8 Å². The van der Waals surface area contributed by atoms with Crippen LogP contribution in [-0.2, 0) is 11.0 Å². The van der Waals surface area contributed by atoms with Crippen LogP contribution in [0.2, 0.25) is 0 Å². The summed E-state index contributed by atoms with van der Waals surface area (Å²) in [6.07, 6.45) is -2.78. The normalized spacial score (nSPS) is 12.5. The van der Waals surface area contributed by atoms with Gasteiger partial charge in [-0.25, -0.2) is 0 Å². The maximum absolute atomic E-state index is 12.7. The number of hydrogen-bond acceptors (Lipinski definition) is 6. The summed E-state index contributed by atoms with van der Waals surface area (Å²) < 4.78 is 38.7. The lowest BCUT2D eigenvalue weighted by Gasteiger charge is -2.12. The first-order valence-electron chi connectivity index (χ1n) is 7.12. The smallest absolute Gasteiger partial charge is 0.357 e. The van der Waals surface area contributed by atoms with E-state index in [2.05, 4.69) is 27.4 Å². The molecule has 0 radical (unpaired) electrons. The molecule has 1 atom stereocenters. The van der Waals surface area contributed by atoms with E-state index in [4.69, 9.17) is 0 Å². The van der Waals surface area contributed by atoms with Crippen molar-refractivity contribution in [3.05, 3.63) is 42.5 Å². The highest BCUT2D eigenvalue weighted by molar-refractivity contribution is 8.02. The summed E-state index contributed by atoms with van der Waals surface area (Å²) in [5.74, 6) is -0.417. The molecule has 0 aliphatic rings. The fourth-order valence-corrected chi connectivity index (χ4v) is 3.61. The molecule has 2 N–H and O–H groups in total. The molecule has 1 heterocycles. The van der Waals surface area contributed by atoms with Gasteiger partial charge in [0.1, 0.15) is 0 Å². The number of thioether (sulfide) groups is 1. The Morgan fingerprint density at radius 1 is 1.44 bits per heavy atom. The van der Waals surface area contributed by atoms with Gasteiger partial charge in [0.2, 0.25) is 11.0 Å². The van der Waals surface area contributed by atoms with Crippen LogP contribution in [-0.4, -0.2) is 27.9 Å². The van der Waals surface area contributed by atoms with E-state index >= 15 is 0 Å². The van der Waals surface area contributed by atoms with E-state index in [1.807, 2.05) is 0 Å². The molecule has 134 valence electrons. The van der Waals surface area contributed by atoms with Gasteiger partial charge >= 0.3 is 6.18 Å². The van der Waals surface area contributed by atoms with Crippen molar-refractivity contribution in [3.63, 3.8) is 0 Å². The number of hydrogen-bond donors (Lipinski definition) is 2. The molecule has 10 heteroatoms. The number of rotatable bonds is 7. The maximum atomic E-state index is 12.7. The number of nitrogens with one attached hydrogen (secondary N) is 2. The molecule has 0 unspecified atom stereocenters. The van der Waals surface area contributed by atoms with Crippen molar-refractivity contribution in [2.45, 2.75) is 22.7 Å². The van der Waals surface area contributed by atoms with Crippen LogP contribution in [0, 0.1) is 0 Å². The minimum atomic E-state index is -4.46. The van der Waals surface area contributed by atoms with Crippen LogP contribution in [0.1, 0.15) is 12.5 Å². The standard InChI is InChI=1S/C15H15F3N4OS2/c1-3-7-19-13-21-22-14(25-13)24-9(2)12(23)20-11-6-4-5-10(8-11)15(16,17)18/h3-6,8-9H,1,7H2,2H3,(H,19,21)(H,20,23)/t9-/m0/s1. The Labute approximate surface area is 150 Å². The van der Waals surface area contributed by atoms with E-state index in [0.29, 0.717) is 16.0 Å². The van der Waals surface area contributed by atoms with Gasteiger partial charge in [-0.1, -0.05) is 35.2 Å². The highest BCUT2D eigenvalue weighted by Gasteiger charge is 2.30. The predicted octanol–water partition coefficient (Wildman–Crippen LogP) is 4.27. The Bertz CT molecular complexity index is 748. The maximum Gasteiger partial charge on any atom is 0.416 e. The van der Waals surface area contributed by atoms with Crippen LogP contribution in [0.15, 0.2) is 41.3 Å². The van der Waals surface area contributed by atoms with Gasteiger partial charge in [-0.3, -0.25) is 4.79 Å². The minimum absolute atomic E-state index is 0.0953. The first-order chi connectivity index (χ1) is 11.8. The lowest BCUT2D eigenvalue weighted by Crippen LogP contribution is -2.22. The Balaban J connectivity index is 1.96. The SMILES string of the molecule is C=CCNc1nnc(S[C@@H](C)C(=O)Nc2cccc(C(F)(F)F)c2)s1. The quantitative estimate of drug-likeness (QED) is 0.548. The van der Waals surface area contributed by atoms with Crippen LogP contribution in [0.3, 0.4) is 0 Å². The number of aromatic nitrogens is 2. The molecule has 0 fully saturated rings. The highest BCUT2D eigenvalue weighted by Crippen LogP contribution is 2.32. The summed E-state index contributed by atoms with van der Waals surface area (Å²) in [5.41, 5.74) is -0.717. The molecule has 2 rings (SSSR count). The number of anilines is 2. The molecular formula is C15H15F3N4OS2. The number of amides is 1. The zero-order valence-electron chi connectivity index (χ0n) is 13.1. The Morgan fingerprint density at radius 2 is 2.20 bits per heavy atom. The van der Waals surface area contributed by atoms with Gasteiger partial charge in [0.25, 0.3) is 0 Å². The second-order valence-electron chi connectivity index (χ2n) is 4.87. The van der Waals surface area contributed by atoms with Crippen LogP contribution in [0.25, 0.3) is 0 Å². The second kappa shape index (κ2) is 8.34. The van der Waals surface area contributed by atoms with Crippen molar-refractivity contribution >= 4 is 39.8 Å².